The zero-order chi connectivity index (χ0) is 26.3. The van der Waals surface area contributed by atoms with Gasteiger partial charge in [0.15, 0.2) is 5.69 Å². The summed E-state index contributed by atoms with van der Waals surface area (Å²) in [6, 6.07) is 2.90. The Kier molecular flexibility index (Phi) is 6.95. The molecular weight excluding hydrogens is 503 g/mol. The van der Waals surface area contributed by atoms with Crippen molar-refractivity contribution in [3.63, 3.8) is 0 Å². The summed E-state index contributed by atoms with van der Waals surface area (Å²) in [7, 11) is 0. The summed E-state index contributed by atoms with van der Waals surface area (Å²) in [6.45, 7) is 4.38. The molecule has 1 aliphatic rings. The highest BCUT2D eigenvalue weighted by Crippen LogP contribution is 2.37. The van der Waals surface area contributed by atoms with E-state index in [1.165, 1.54) is 11.3 Å². The van der Waals surface area contributed by atoms with Crippen LogP contribution in [0.1, 0.15) is 40.1 Å². The van der Waals surface area contributed by atoms with Crippen LogP contribution in [-0.4, -0.2) is 55.8 Å². The van der Waals surface area contributed by atoms with Crippen LogP contribution in [0.5, 0.6) is 0 Å². The predicted molar refractivity (Wildman–Crippen MR) is 124 cm³/mol. The minimum atomic E-state index is -4.63. The molecule has 1 N–H and O–H groups in total. The monoisotopic (exact) mass is 526 g/mol. The normalized spacial score (nSPS) is 19.8. The molecule has 0 aromatic carbocycles. The minimum absolute atomic E-state index is 0.00974. The van der Waals surface area contributed by atoms with Crippen LogP contribution in [-0.2, 0) is 6.18 Å². The number of nitrogens with one attached hydrogen (secondary N) is 1. The fourth-order valence-corrected chi connectivity index (χ4v) is 5.07. The highest BCUT2D eigenvalue weighted by molar-refractivity contribution is 7.15. The Morgan fingerprint density at radius 3 is 2.61 bits per heavy atom. The highest BCUT2D eigenvalue weighted by atomic mass is 32.1. The lowest BCUT2D eigenvalue weighted by atomic mass is 9.88. The van der Waals surface area contributed by atoms with Crippen molar-refractivity contribution < 1.29 is 26.7 Å². The number of aromatic nitrogens is 4. The summed E-state index contributed by atoms with van der Waals surface area (Å²) in [5, 5.41) is 3.42. The Hall–Kier alpha value is -3.22. The lowest BCUT2D eigenvalue weighted by Gasteiger charge is -2.43. The van der Waals surface area contributed by atoms with E-state index in [0.717, 1.165) is 16.7 Å². The Bertz CT molecular complexity index is 1250. The molecule has 1 unspecified atom stereocenters. The van der Waals surface area contributed by atoms with E-state index >= 15 is 0 Å². The first-order valence-corrected chi connectivity index (χ1v) is 11.9. The number of hydrogen-bond acceptors (Lipinski definition) is 7. The number of alkyl halides is 5. The Balaban J connectivity index is 1.61. The van der Waals surface area contributed by atoms with Crippen LogP contribution in [0.2, 0.25) is 0 Å². The molecule has 7 nitrogen and oxygen atoms in total. The van der Waals surface area contributed by atoms with Crippen LogP contribution in [0.25, 0.3) is 10.6 Å². The number of amides is 1. The Morgan fingerprint density at radius 1 is 1.22 bits per heavy atom. The molecule has 4 heterocycles. The first-order chi connectivity index (χ1) is 16.8. The number of carbonyl (C=O) groups is 1. The average Bonchev–Trinajstić information content (AvgIpc) is 3.18. The summed E-state index contributed by atoms with van der Waals surface area (Å²) in [6.07, 6.45) is -1.97. The number of nitrogens with zero attached hydrogens (tertiary/aromatic N) is 5. The van der Waals surface area contributed by atoms with Gasteiger partial charge >= 0.3 is 6.18 Å². The molecule has 13 heteroatoms. The van der Waals surface area contributed by atoms with Crippen LogP contribution in [0.15, 0.2) is 30.7 Å². The van der Waals surface area contributed by atoms with E-state index in [9.17, 15) is 26.7 Å². The quantitative estimate of drug-likeness (QED) is 0.459. The largest absolute Gasteiger partial charge is 0.434 e. The third-order valence-electron chi connectivity index (χ3n) is 5.86. The molecule has 1 fully saturated rings. The van der Waals surface area contributed by atoms with E-state index in [1.54, 1.807) is 32.2 Å². The molecule has 2 atom stereocenters. The number of thiazole rings is 1. The van der Waals surface area contributed by atoms with Crippen molar-refractivity contribution in [2.24, 2.45) is 5.92 Å². The van der Waals surface area contributed by atoms with Gasteiger partial charge < -0.3 is 10.2 Å². The third-order valence-corrected chi connectivity index (χ3v) is 6.85. The van der Waals surface area contributed by atoms with Gasteiger partial charge in [0.05, 0.1) is 40.6 Å². The molecule has 192 valence electrons. The zero-order valence-electron chi connectivity index (χ0n) is 19.6. The molecule has 3 aromatic rings. The van der Waals surface area contributed by atoms with Gasteiger partial charge in [-0.25, -0.2) is 23.7 Å². The number of likely N-dealkylation sites (tertiary alicyclic amines) is 1. The zero-order valence-corrected chi connectivity index (χ0v) is 20.4. The van der Waals surface area contributed by atoms with E-state index in [2.05, 4.69) is 25.3 Å². The van der Waals surface area contributed by atoms with E-state index in [0.29, 0.717) is 21.8 Å². The fourth-order valence-electron chi connectivity index (χ4n) is 4.20. The van der Waals surface area contributed by atoms with Gasteiger partial charge in [0.2, 0.25) is 0 Å². The Morgan fingerprint density at radius 2 is 1.97 bits per heavy atom. The van der Waals surface area contributed by atoms with Crippen molar-refractivity contribution in [2.75, 3.05) is 18.4 Å². The molecule has 1 amide bonds. The second-order valence-electron chi connectivity index (χ2n) is 8.83. The van der Waals surface area contributed by atoms with Gasteiger partial charge in [-0.15, -0.1) is 11.3 Å². The smallest absolute Gasteiger partial charge is 0.367 e. The maximum atomic E-state index is 14.6. The molecule has 3 aromatic heterocycles. The van der Waals surface area contributed by atoms with Crippen molar-refractivity contribution in [3.8, 4) is 10.6 Å². The van der Waals surface area contributed by atoms with E-state index in [-0.39, 0.29) is 18.1 Å². The molecule has 1 saturated heterocycles. The molecular formula is C23H23F5N6OS. The number of piperidine rings is 1. The Labute approximate surface area is 207 Å². The number of aryl methyl sites for hydroxylation is 2. The third kappa shape index (κ3) is 5.61. The summed E-state index contributed by atoms with van der Waals surface area (Å²) in [5.74, 6) is -4.34. The molecule has 36 heavy (non-hydrogen) atoms. The van der Waals surface area contributed by atoms with Gasteiger partial charge in [0, 0.05) is 19.2 Å². The maximum Gasteiger partial charge on any atom is 0.434 e. The van der Waals surface area contributed by atoms with E-state index < -0.39 is 48.6 Å². The minimum Gasteiger partial charge on any atom is -0.367 e. The van der Waals surface area contributed by atoms with Gasteiger partial charge in [-0.05, 0) is 37.5 Å². The number of hydrogen-bond donors (Lipinski definition) is 1. The summed E-state index contributed by atoms with van der Waals surface area (Å²) < 4.78 is 67.4. The maximum absolute atomic E-state index is 14.6. The topological polar surface area (TPSA) is 83.9 Å². The highest BCUT2D eigenvalue weighted by Gasteiger charge is 2.47. The summed E-state index contributed by atoms with van der Waals surface area (Å²) in [4.78, 5) is 30.9. The van der Waals surface area contributed by atoms with Crippen LogP contribution in [0.3, 0.4) is 0 Å². The van der Waals surface area contributed by atoms with Gasteiger partial charge in [0.25, 0.3) is 11.8 Å². The van der Waals surface area contributed by atoms with E-state index in [1.807, 2.05) is 6.92 Å². The van der Waals surface area contributed by atoms with Crippen LogP contribution in [0.4, 0.5) is 27.8 Å². The van der Waals surface area contributed by atoms with Crippen LogP contribution in [0, 0.1) is 19.8 Å². The molecule has 0 aliphatic carbocycles. The van der Waals surface area contributed by atoms with Crippen LogP contribution < -0.4 is 5.32 Å². The number of halogens is 5. The van der Waals surface area contributed by atoms with Gasteiger partial charge in [-0.2, -0.15) is 13.2 Å². The SMILES string of the molecule is Cc1ccnc(-c2sc(C)nc2C(=O)N2CC(F)(F)CC(C)[C@H]2CNc2cnc(C(F)(F)F)cn2)c1. The van der Waals surface area contributed by atoms with Crippen molar-refractivity contribution in [1.29, 1.82) is 0 Å². The molecule has 1 aliphatic heterocycles. The molecule has 0 saturated carbocycles. The number of pyridine rings is 1. The molecule has 0 spiro atoms. The van der Waals surface area contributed by atoms with E-state index in [4.69, 9.17) is 0 Å². The standard InChI is InChI=1S/C23H23F5N6OS/c1-12-4-5-29-15(6-12)20-19(33-14(3)36-20)21(35)34-11-22(24,25)7-13(2)16(34)8-31-18-10-30-17(9-32-18)23(26,27)28/h4-6,9-10,13,16H,7-8,11H2,1-3H3,(H,31,32)/t13?,16-/m1/s1. The summed E-state index contributed by atoms with van der Waals surface area (Å²) >= 11 is 1.25. The van der Waals surface area contributed by atoms with Gasteiger partial charge in [-0.1, -0.05) is 6.92 Å². The average molecular weight is 527 g/mol. The predicted octanol–water partition coefficient (Wildman–Crippen LogP) is 5.23. The lowest BCUT2D eigenvalue weighted by Crippen LogP contribution is -2.57. The van der Waals surface area contributed by atoms with Crippen molar-refractivity contribution in [2.45, 2.75) is 45.3 Å². The van der Waals surface area contributed by atoms with Crippen molar-refractivity contribution in [3.05, 3.63) is 52.7 Å². The first kappa shape index (κ1) is 25.9. The lowest BCUT2D eigenvalue weighted by molar-refractivity contribution is -0.141. The van der Waals surface area contributed by atoms with Crippen molar-refractivity contribution >= 4 is 23.1 Å². The van der Waals surface area contributed by atoms with Crippen LogP contribution >= 0.6 is 11.3 Å². The second-order valence-corrected chi connectivity index (χ2v) is 10.0. The summed E-state index contributed by atoms with van der Waals surface area (Å²) in [5.41, 5.74) is 0.337. The second kappa shape index (κ2) is 9.68. The molecule has 0 bridgehead atoms. The van der Waals surface area contributed by atoms with Gasteiger partial charge in [0.1, 0.15) is 11.5 Å². The van der Waals surface area contributed by atoms with Gasteiger partial charge in [-0.3, -0.25) is 9.78 Å². The van der Waals surface area contributed by atoms with Crippen molar-refractivity contribution in [1.82, 2.24) is 24.8 Å². The fraction of sp³-hybridized carbons (Fsp3) is 0.435. The molecule has 0 radical (unpaired) electrons. The molecule has 4 rings (SSSR count). The number of carbonyl (C=O) groups excluding carboxylic acids is 1. The number of anilines is 1. The number of rotatable bonds is 5. The first-order valence-electron chi connectivity index (χ1n) is 11.1.